The number of hydrogen-bond acceptors (Lipinski definition) is 3. The van der Waals surface area contributed by atoms with Gasteiger partial charge in [-0.1, -0.05) is 38.7 Å². The van der Waals surface area contributed by atoms with E-state index in [1.54, 1.807) is 12.1 Å². The first-order valence-electron chi connectivity index (χ1n) is 6.06. The van der Waals surface area contributed by atoms with Gasteiger partial charge in [-0.2, -0.15) is 0 Å². The summed E-state index contributed by atoms with van der Waals surface area (Å²) in [5.41, 5.74) is 7.48. The molecule has 1 atom stereocenters. The first-order chi connectivity index (χ1) is 8.47. The van der Waals surface area contributed by atoms with E-state index in [9.17, 15) is 10.2 Å². The molecular formula is C15H21NO2. The predicted octanol–water partition coefficient (Wildman–Crippen LogP) is 3.35. The Labute approximate surface area is 108 Å². The molecule has 0 aliphatic rings. The summed E-state index contributed by atoms with van der Waals surface area (Å²) < 4.78 is 0. The average Bonchev–Trinajstić information content (AvgIpc) is 2.28. The van der Waals surface area contributed by atoms with Gasteiger partial charge >= 0.3 is 0 Å². The van der Waals surface area contributed by atoms with Gasteiger partial charge in [0, 0.05) is 17.7 Å². The van der Waals surface area contributed by atoms with Gasteiger partial charge in [0.1, 0.15) is 11.5 Å². The molecule has 1 unspecified atom stereocenters. The number of phenolic OH excluding ortho intramolecular Hbond substituents is 2. The van der Waals surface area contributed by atoms with Gasteiger partial charge in [0.05, 0.1) is 0 Å². The number of hydrogen-bond donors (Lipinski definition) is 3. The molecule has 0 amide bonds. The second-order valence-corrected chi connectivity index (χ2v) is 4.63. The summed E-state index contributed by atoms with van der Waals surface area (Å²) in [5, 5.41) is 19.6. The van der Waals surface area contributed by atoms with Crippen LogP contribution in [0.4, 0.5) is 0 Å². The van der Waals surface area contributed by atoms with Gasteiger partial charge in [-0.3, -0.25) is 0 Å². The van der Waals surface area contributed by atoms with E-state index in [1.807, 2.05) is 26.0 Å². The van der Waals surface area contributed by atoms with Crippen LogP contribution in [0.3, 0.4) is 0 Å². The van der Waals surface area contributed by atoms with E-state index in [-0.39, 0.29) is 23.5 Å². The highest BCUT2D eigenvalue weighted by Gasteiger charge is 2.15. The standard InChI is InChI=1S/C15H21NO2/c1-4-5-6-7-13(16)12-8-11(10(2)3)14(17)9-15(12)18/h4-6,8-10,13,17-18H,1,7,16H2,2-3H3. The van der Waals surface area contributed by atoms with E-state index in [1.165, 1.54) is 6.07 Å². The molecule has 18 heavy (non-hydrogen) atoms. The molecule has 1 aromatic carbocycles. The van der Waals surface area contributed by atoms with Crippen molar-refractivity contribution in [1.82, 2.24) is 0 Å². The number of phenols is 2. The summed E-state index contributed by atoms with van der Waals surface area (Å²) in [5.74, 6) is 0.330. The Morgan fingerprint density at radius 1 is 1.22 bits per heavy atom. The zero-order valence-corrected chi connectivity index (χ0v) is 10.9. The molecule has 3 heteroatoms. The quantitative estimate of drug-likeness (QED) is 0.699. The average molecular weight is 247 g/mol. The Balaban J connectivity index is 3.04. The van der Waals surface area contributed by atoms with E-state index < -0.39 is 0 Å². The van der Waals surface area contributed by atoms with Crippen LogP contribution in [0, 0.1) is 0 Å². The molecule has 1 rings (SSSR count). The maximum Gasteiger partial charge on any atom is 0.124 e. The number of allylic oxidation sites excluding steroid dienone is 2. The lowest BCUT2D eigenvalue weighted by molar-refractivity contribution is 0.436. The maximum absolute atomic E-state index is 9.84. The Hall–Kier alpha value is -1.74. The third kappa shape index (κ3) is 3.37. The smallest absolute Gasteiger partial charge is 0.124 e. The van der Waals surface area contributed by atoms with Crippen LogP contribution in [0.1, 0.15) is 43.4 Å². The third-order valence-corrected chi connectivity index (χ3v) is 2.86. The van der Waals surface area contributed by atoms with Crippen LogP contribution in [-0.4, -0.2) is 10.2 Å². The zero-order chi connectivity index (χ0) is 13.7. The number of nitrogens with two attached hydrogens (primary N) is 1. The SMILES string of the molecule is C=CC=CCC(N)c1cc(C(C)C)c(O)cc1O. The maximum atomic E-state index is 9.84. The van der Waals surface area contributed by atoms with Crippen molar-refractivity contribution in [2.75, 3.05) is 0 Å². The molecule has 0 aromatic heterocycles. The second-order valence-electron chi connectivity index (χ2n) is 4.63. The van der Waals surface area contributed by atoms with E-state index in [2.05, 4.69) is 6.58 Å². The van der Waals surface area contributed by atoms with Gasteiger partial charge < -0.3 is 15.9 Å². The lowest BCUT2D eigenvalue weighted by Crippen LogP contribution is -2.10. The monoisotopic (exact) mass is 247 g/mol. The fourth-order valence-corrected chi connectivity index (χ4v) is 1.82. The largest absolute Gasteiger partial charge is 0.508 e. The fraction of sp³-hybridized carbons (Fsp3) is 0.333. The fourth-order valence-electron chi connectivity index (χ4n) is 1.82. The van der Waals surface area contributed by atoms with E-state index in [4.69, 9.17) is 5.73 Å². The van der Waals surface area contributed by atoms with Crippen molar-refractivity contribution in [2.24, 2.45) is 5.73 Å². The van der Waals surface area contributed by atoms with Gasteiger partial charge in [0.15, 0.2) is 0 Å². The van der Waals surface area contributed by atoms with Crippen LogP contribution in [0.2, 0.25) is 0 Å². The lowest BCUT2D eigenvalue weighted by Gasteiger charge is -2.16. The first-order valence-corrected chi connectivity index (χ1v) is 6.06. The van der Waals surface area contributed by atoms with Crippen LogP contribution in [0.5, 0.6) is 11.5 Å². The molecule has 0 fully saturated rings. The molecule has 0 saturated heterocycles. The van der Waals surface area contributed by atoms with Crippen LogP contribution >= 0.6 is 0 Å². The molecule has 0 saturated carbocycles. The summed E-state index contributed by atoms with van der Waals surface area (Å²) in [6.07, 6.45) is 6.02. The minimum Gasteiger partial charge on any atom is -0.508 e. The Morgan fingerprint density at radius 3 is 2.39 bits per heavy atom. The third-order valence-electron chi connectivity index (χ3n) is 2.86. The van der Waals surface area contributed by atoms with E-state index in [0.717, 1.165) is 5.56 Å². The molecule has 0 radical (unpaired) electrons. The first kappa shape index (κ1) is 14.3. The zero-order valence-electron chi connectivity index (χ0n) is 10.9. The van der Waals surface area contributed by atoms with Crippen molar-refractivity contribution in [3.63, 3.8) is 0 Å². The van der Waals surface area contributed by atoms with Crippen molar-refractivity contribution in [3.05, 3.63) is 48.1 Å². The minimum absolute atomic E-state index is 0.0383. The van der Waals surface area contributed by atoms with Crippen molar-refractivity contribution in [1.29, 1.82) is 0 Å². The summed E-state index contributed by atoms with van der Waals surface area (Å²) >= 11 is 0. The summed E-state index contributed by atoms with van der Waals surface area (Å²) in [4.78, 5) is 0. The van der Waals surface area contributed by atoms with Crippen molar-refractivity contribution < 1.29 is 10.2 Å². The Morgan fingerprint density at radius 2 is 1.83 bits per heavy atom. The van der Waals surface area contributed by atoms with Crippen LogP contribution < -0.4 is 5.73 Å². The molecule has 0 aliphatic heterocycles. The summed E-state index contributed by atoms with van der Waals surface area (Å²) in [6.45, 7) is 7.56. The Kier molecular flexibility index (Phi) is 4.98. The molecular weight excluding hydrogens is 226 g/mol. The molecule has 4 N–H and O–H groups in total. The highest BCUT2D eigenvalue weighted by Crippen LogP contribution is 2.35. The molecule has 1 aromatic rings. The van der Waals surface area contributed by atoms with Crippen LogP contribution in [-0.2, 0) is 0 Å². The van der Waals surface area contributed by atoms with Gasteiger partial charge in [-0.05, 0) is 24.0 Å². The van der Waals surface area contributed by atoms with Crippen LogP contribution in [0.25, 0.3) is 0 Å². The van der Waals surface area contributed by atoms with Gasteiger partial charge in [0.25, 0.3) is 0 Å². The van der Waals surface area contributed by atoms with Gasteiger partial charge in [0.2, 0.25) is 0 Å². The van der Waals surface area contributed by atoms with Crippen molar-refractivity contribution in [2.45, 2.75) is 32.2 Å². The number of benzene rings is 1. The van der Waals surface area contributed by atoms with Gasteiger partial charge in [-0.15, -0.1) is 0 Å². The van der Waals surface area contributed by atoms with E-state index >= 15 is 0 Å². The molecule has 98 valence electrons. The number of aromatic hydroxyl groups is 2. The Bertz CT molecular complexity index is 450. The molecule has 3 nitrogen and oxygen atoms in total. The molecule has 0 bridgehead atoms. The summed E-state index contributed by atoms with van der Waals surface area (Å²) in [6, 6.07) is 2.85. The molecule has 0 heterocycles. The van der Waals surface area contributed by atoms with E-state index in [0.29, 0.717) is 12.0 Å². The van der Waals surface area contributed by atoms with Gasteiger partial charge in [-0.25, -0.2) is 0 Å². The minimum atomic E-state index is -0.292. The topological polar surface area (TPSA) is 66.5 Å². The highest BCUT2D eigenvalue weighted by molar-refractivity contribution is 5.47. The number of rotatable bonds is 5. The lowest BCUT2D eigenvalue weighted by atomic mass is 9.95. The highest BCUT2D eigenvalue weighted by atomic mass is 16.3. The van der Waals surface area contributed by atoms with Crippen LogP contribution in [0.15, 0.2) is 36.9 Å². The van der Waals surface area contributed by atoms with Crippen molar-refractivity contribution in [3.8, 4) is 11.5 Å². The molecule has 0 spiro atoms. The predicted molar refractivity (Wildman–Crippen MR) is 74.7 cm³/mol. The summed E-state index contributed by atoms with van der Waals surface area (Å²) in [7, 11) is 0. The van der Waals surface area contributed by atoms with Crippen molar-refractivity contribution >= 4 is 0 Å². The molecule has 0 aliphatic carbocycles. The normalized spacial score (nSPS) is 13.1. The second kappa shape index (κ2) is 6.26.